The van der Waals surface area contributed by atoms with Gasteiger partial charge in [0.05, 0.1) is 6.04 Å². The van der Waals surface area contributed by atoms with Gasteiger partial charge in [-0.05, 0) is 25.5 Å². The number of benzene rings is 1. The van der Waals surface area contributed by atoms with E-state index in [0.29, 0.717) is 25.5 Å². The average Bonchev–Trinajstić information content (AvgIpc) is 3.24. The van der Waals surface area contributed by atoms with Crippen LogP contribution in [0.3, 0.4) is 0 Å². The molecule has 29 heavy (non-hydrogen) atoms. The van der Waals surface area contributed by atoms with E-state index < -0.39 is 0 Å². The molecule has 1 aromatic carbocycles. The lowest BCUT2D eigenvalue weighted by molar-refractivity contribution is 0.143. The number of piperazine rings is 1. The summed E-state index contributed by atoms with van der Waals surface area (Å²) in [6.07, 6.45) is 1.70. The molecule has 0 saturated carbocycles. The second-order valence-corrected chi connectivity index (χ2v) is 8.08. The lowest BCUT2D eigenvalue weighted by atomic mass is 9.97. The Hall–Kier alpha value is -2.45. The molecule has 0 aliphatic carbocycles. The Morgan fingerprint density at radius 1 is 1.24 bits per heavy atom. The minimum Gasteiger partial charge on any atom is -0.339 e. The number of nitrogens with one attached hydrogen (secondary N) is 1. The number of nitrogens with zero attached hydrogens (tertiary/aromatic N) is 5. The number of likely N-dealkylation sites (tertiary alicyclic amines) is 1. The molecule has 3 heterocycles. The van der Waals surface area contributed by atoms with E-state index >= 15 is 0 Å². The van der Waals surface area contributed by atoms with E-state index in [-0.39, 0.29) is 18.0 Å². The number of amides is 2. The van der Waals surface area contributed by atoms with Gasteiger partial charge in [-0.2, -0.15) is 4.98 Å². The molecule has 2 aliphatic heterocycles. The summed E-state index contributed by atoms with van der Waals surface area (Å²) in [5.41, 5.74) is 1.14. The van der Waals surface area contributed by atoms with Crippen molar-refractivity contribution in [2.24, 2.45) is 0 Å². The van der Waals surface area contributed by atoms with Crippen molar-refractivity contribution in [1.82, 2.24) is 30.2 Å². The summed E-state index contributed by atoms with van der Waals surface area (Å²) in [6.45, 7) is 4.86. The molecule has 2 saturated heterocycles. The van der Waals surface area contributed by atoms with Gasteiger partial charge >= 0.3 is 6.03 Å². The zero-order valence-electron chi connectivity index (χ0n) is 17.3. The van der Waals surface area contributed by atoms with Gasteiger partial charge in [-0.3, -0.25) is 4.90 Å². The number of hydrogen-bond donors (Lipinski definition) is 1. The molecule has 0 radical (unpaired) electrons. The first-order chi connectivity index (χ1) is 14.1. The van der Waals surface area contributed by atoms with E-state index in [1.165, 1.54) is 0 Å². The first-order valence-corrected chi connectivity index (χ1v) is 10.4. The van der Waals surface area contributed by atoms with Gasteiger partial charge in [0.15, 0.2) is 5.82 Å². The van der Waals surface area contributed by atoms with Gasteiger partial charge in [-0.25, -0.2) is 4.79 Å². The highest BCUT2D eigenvalue weighted by atomic mass is 16.5. The highest BCUT2D eigenvalue weighted by Gasteiger charge is 2.31. The van der Waals surface area contributed by atoms with Crippen molar-refractivity contribution in [3.05, 3.63) is 47.6 Å². The molecule has 0 bridgehead atoms. The van der Waals surface area contributed by atoms with Crippen molar-refractivity contribution in [1.29, 1.82) is 0 Å². The van der Waals surface area contributed by atoms with Gasteiger partial charge < -0.3 is 19.6 Å². The zero-order valence-corrected chi connectivity index (χ0v) is 17.3. The minimum absolute atomic E-state index is 0.0772. The number of likely N-dealkylation sites (N-methyl/N-ethyl adjacent to an activating group) is 1. The number of piperidine rings is 1. The second kappa shape index (κ2) is 8.92. The molecule has 2 aliphatic rings. The quantitative estimate of drug-likeness (QED) is 0.850. The Bertz CT molecular complexity index is 803. The number of carbonyl (C=O) groups is 1. The predicted octanol–water partition coefficient (Wildman–Crippen LogP) is 2.08. The minimum atomic E-state index is 0.0772. The van der Waals surface area contributed by atoms with Crippen molar-refractivity contribution < 1.29 is 9.32 Å². The van der Waals surface area contributed by atoms with Gasteiger partial charge in [-0.15, -0.1) is 0 Å². The predicted molar refractivity (Wildman–Crippen MR) is 109 cm³/mol. The van der Waals surface area contributed by atoms with Crippen LogP contribution in [-0.4, -0.2) is 77.7 Å². The maximum absolute atomic E-state index is 12.8. The summed E-state index contributed by atoms with van der Waals surface area (Å²) < 4.78 is 5.60. The molecule has 156 valence electrons. The Labute approximate surface area is 171 Å². The fraction of sp³-hybridized carbons (Fsp3) is 0.571. The van der Waals surface area contributed by atoms with Crippen LogP contribution in [0.1, 0.15) is 42.1 Å². The van der Waals surface area contributed by atoms with Gasteiger partial charge in [0.2, 0.25) is 5.89 Å². The molecule has 4 rings (SSSR count). The van der Waals surface area contributed by atoms with Gasteiger partial charge in [-0.1, -0.05) is 35.5 Å². The van der Waals surface area contributed by atoms with E-state index in [2.05, 4.69) is 22.4 Å². The molecule has 8 nitrogen and oxygen atoms in total. The van der Waals surface area contributed by atoms with Crippen molar-refractivity contribution >= 4 is 6.03 Å². The maximum Gasteiger partial charge on any atom is 0.320 e. The van der Waals surface area contributed by atoms with Gasteiger partial charge in [0.1, 0.15) is 0 Å². The van der Waals surface area contributed by atoms with Crippen LogP contribution in [0, 0.1) is 0 Å². The number of rotatable bonds is 4. The van der Waals surface area contributed by atoms with Crippen molar-refractivity contribution in [2.45, 2.75) is 31.3 Å². The number of carbonyl (C=O) groups excluding carboxylic acids is 1. The molecule has 1 aromatic heterocycles. The zero-order chi connectivity index (χ0) is 20.2. The fourth-order valence-electron chi connectivity index (χ4n) is 4.13. The SMILES string of the molecule is CN(Cc1ccccc1)C(=O)N1CCC(c2nc(C3CNCCN3C)no2)CC1. The topological polar surface area (TPSA) is 77.7 Å². The van der Waals surface area contributed by atoms with E-state index in [0.717, 1.165) is 43.9 Å². The highest BCUT2D eigenvalue weighted by Crippen LogP contribution is 2.29. The Kier molecular flexibility index (Phi) is 6.10. The third kappa shape index (κ3) is 4.59. The monoisotopic (exact) mass is 398 g/mol. The number of aromatic nitrogens is 2. The Morgan fingerprint density at radius 2 is 2.00 bits per heavy atom. The number of hydrogen-bond acceptors (Lipinski definition) is 6. The molecule has 1 unspecified atom stereocenters. The lowest BCUT2D eigenvalue weighted by Crippen LogP contribution is -2.44. The molecule has 1 N–H and O–H groups in total. The van der Waals surface area contributed by atoms with E-state index in [4.69, 9.17) is 9.51 Å². The lowest BCUT2D eigenvalue weighted by Gasteiger charge is -2.33. The van der Waals surface area contributed by atoms with E-state index in [9.17, 15) is 4.79 Å². The Morgan fingerprint density at radius 3 is 2.72 bits per heavy atom. The number of urea groups is 1. The van der Waals surface area contributed by atoms with Gasteiger partial charge in [0.25, 0.3) is 0 Å². The van der Waals surface area contributed by atoms with Crippen LogP contribution in [0.15, 0.2) is 34.9 Å². The first kappa shape index (κ1) is 19.8. The molecule has 8 heteroatoms. The summed E-state index contributed by atoms with van der Waals surface area (Å²) in [7, 11) is 3.96. The molecular formula is C21H30N6O2. The molecule has 1 atom stereocenters. The molecule has 2 amide bonds. The normalized spacial score (nSPS) is 21.3. The standard InChI is InChI=1S/C21H30N6O2/c1-25-13-10-22-14-18(25)19-23-20(29-24-19)17-8-11-27(12-9-17)21(28)26(2)15-16-6-4-3-5-7-16/h3-7,17-18,22H,8-15H2,1-2H3. The van der Waals surface area contributed by atoms with Crippen LogP contribution < -0.4 is 5.32 Å². The highest BCUT2D eigenvalue weighted by molar-refractivity contribution is 5.74. The van der Waals surface area contributed by atoms with Crippen molar-refractivity contribution in [2.75, 3.05) is 46.8 Å². The summed E-state index contributed by atoms with van der Waals surface area (Å²) in [5, 5.41) is 7.62. The maximum atomic E-state index is 12.8. The van der Waals surface area contributed by atoms with Crippen LogP contribution in [0.2, 0.25) is 0 Å². The fourth-order valence-corrected chi connectivity index (χ4v) is 4.13. The van der Waals surface area contributed by atoms with Crippen LogP contribution in [0.25, 0.3) is 0 Å². The summed E-state index contributed by atoms with van der Waals surface area (Å²) in [5.74, 6) is 1.70. The van der Waals surface area contributed by atoms with Crippen LogP contribution in [-0.2, 0) is 6.54 Å². The van der Waals surface area contributed by atoms with E-state index in [1.54, 1.807) is 4.90 Å². The van der Waals surface area contributed by atoms with Crippen LogP contribution in [0.5, 0.6) is 0 Å². The second-order valence-electron chi connectivity index (χ2n) is 8.08. The third-order valence-corrected chi connectivity index (χ3v) is 5.97. The summed E-state index contributed by atoms with van der Waals surface area (Å²) in [4.78, 5) is 23.4. The van der Waals surface area contributed by atoms with Crippen molar-refractivity contribution in [3.63, 3.8) is 0 Å². The largest absolute Gasteiger partial charge is 0.339 e. The third-order valence-electron chi connectivity index (χ3n) is 5.97. The van der Waals surface area contributed by atoms with Crippen LogP contribution in [0.4, 0.5) is 4.79 Å². The van der Waals surface area contributed by atoms with E-state index in [1.807, 2.05) is 42.3 Å². The molecule has 2 aromatic rings. The summed E-state index contributed by atoms with van der Waals surface area (Å²) >= 11 is 0. The first-order valence-electron chi connectivity index (χ1n) is 10.4. The van der Waals surface area contributed by atoms with Crippen molar-refractivity contribution in [3.8, 4) is 0 Å². The average molecular weight is 399 g/mol. The summed E-state index contributed by atoms with van der Waals surface area (Å²) in [6, 6.07) is 10.3. The Balaban J connectivity index is 1.31. The molecule has 2 fully saturated rings. The smallest absolute Gasteiger partial charge is 0.320 e. The molecular weight excluding hydrogens is 368 g/mol. The van der Waals surface area contributed by atoms with Crippen LogP contribution >= 0.6 is 0 Å². The van der Waals surface area contributed by atoms with Gasteiger partial charge in [0, 0.05) is 52.2 Å². The molecule has 0 spiro atoms.